The summed E-state index contributed by atoms with van der Waals surface area (Å²) < 4.78 is 11.8. The van der Waals surface area contributed by atoms with E-state index in [1.165, 1.54) is 4.90 Å². The zero-order valence-corrected chi connectivity index (χ0v) is 21.2. The smallest absolute Gasteiger partial charge is 0.295 e. The number of Topliss-reactive ketones (excluding diaryl/α,β-unsaturated/α-hetero) is 1. The zero-order valence-electron chi connectivity index (χ0n) is 21.2. The molecule has 0 aromatic heterocycles. The summed E-state index contributed by atoms with van der Waals surface area (Å²) >= 11 is 0. The highest BCUT2D eigenvalue weighted by molar-refractivity contribution is 6.46. The van der Waals surface area contributed by atoms with Gasteiger partial charge in [-0.15, -0.1) is 0 Å². The van der Waals surface area contributed by atoms with Crippen molar-refractivity contribution in [1.82, 2.24) is 9.80 Å². The number of hydrogen-bond donors (Lipinski definition) is 1. The highest BCUT2D eigenvalue weighted by atomic mass is 16.5. The maximum atomic E-state index is 13.3. The average Bonchev–Trinajstić information content (AvgIpc) is 3.38. The molecule has 1 fully saturated rings. The Morgan fingerprint density at radius 1 is 1.03 bits per heavy atom. The topological polar surface area (TPSA) is 79.3 Å². The molecule has 0 bridgehead atoms. The SMILES string of the molecule is C[C@H]1Cc2cc(C(O)=C3C(=O)C(=O)N(CCN(C)C)[C@@H]3c3cccc(Oc4ccccc4)c3)ccc2O1. The second-order valence-corrected chi connectivity index (χ2v) is 9.74. The van der Waals surface area contributed by atoms with E-state index < -0.39 is 17.7 Å². The Kier molecular flexibility index (Phi) is 6.72. The molecule has 5 rings (SSSR count). The molecule has 7 nitrogen and oxygen atoms in total. The van der Waals surface area contributed by atoms with Crippen LogP contribution in [0.3, 0.4) is 0 Å². The maximum absolute atomic E-state index is 13.3. The molecule has 0 spiro atoms. The zero-order chi connectivity index (χ0) is 26.1. The van der Waals surface area contributed by atoms with Crippen LogP contribution in [0, 0.1) is 0 Å². The Bertz CT molecular complexity index is 1370. The molecule has 2 aliphatic rings. The number of aliphatic hydroxyl groups excluding tert-OH is 1. The third-order valence-electron chi connectivity index (χ3n) is 6.65. The normalized spacial score (nSPS) is 20.3. The quantitative estimate of drug-likeness (QED) is 0.287. The molecule has 1 amide bonds. The molecular formula is C30H30N2O5. The van der Waals surface area contributed by atoms with Crippen molar-refractivity contribution < 1.29 is 24.2 Å². The predicted octanol–water partition coefficient (Wildman–Crippen LogP) is 4.79. The van der Waals surface area contributed by atoms with Gasteiger partial charge in [0.2, 0.25) is 0 Å². The van der Waals surface area contributed by atoms with Crippen molar-refractivity contribution in [3.63, 3.8) is 0 Å². The number of rotatable bonds is 7. The second-order valence-electron chi connectivity index (χ2n) is 9.74. The Morgan fingerprint density at radius 3 is 2.54 bits per heavy atom. The van der Waals surface area contributed by atoms with Gasteiger partial charge in [-0.25, -0.2) is 0 Å². The lowest BCUT2D eigenvalue weighted by molar-refractivity contribution is -0.140. The van der Waals surface area contributed by atoms with Crippen molar-refractivity contribution >= 4 is 17.4 Å². The van der Waals surface area contributed by atoms with Crippen LogP contribution in [0.1, 0.15) is 29.7 Å². The molecule has 2 atom stereocenters. The number of likely N-dealkylation sites (tertiary alicyclic amines) is 1. The van der Waals surface area contributed by atoms with Gasteiger partial charge < -0.3 is 24.4 Å². The van der Waals surface area contributed by atoms with Gasteiger partial charge >= 0.3 is 0 Å². The number of ether oxygens (including phenoxy) is 2. The largest absolute Gasteiger partial charge is 0.507 e. The lowest BCUT2D eigenvalue weighted by Crippen LogP contribution is -2.35. The van der Waals surface area contributed by atoms with Crippen LogP contribution in [-0.4, -0.2) is 59.9 Å². The number of carbonyl (C=O) groups is 2. The summed E-state index contributed by atoms with van der Waals surface area (Å²) in [5.74, 6) is 0.522. The minimum Gasteiger partial charge on any atom is -0.507 e. The predicted molar refractivity (Wildman–Crippen MR) is 141 cm³/mol. The Labute approximate surface area is 216 Å². The van der Waals surface area contributed by atoms with E-state index in [0.29, 0.717) is 35.7 Å². The fraction of sp³-hybridized carbons (Fsp3) is 0.267. The van der Waals surface area contributed by atoms with E-state index in [1.54, 1.807) is 12.1 Å². The molecule has 0 saturated carbocycles. The van der Waals surface area contributed by atoms with Crippen LogP contribution in [0.25, 0.3) is 5.76 Å². The van der Waals surface area contributed by atoms with Crippen molar-refractivity contribution in [3.05, 3.63) is 95.1 Å². The molecule has 0 radical (unpaired) electrons. The Morgan fingerprint density at radius 2 is 1.78 bits per heavy atom. The van der Waals surface area contributed by atoms with Crippen molar-refractivity contribution in [3.8, 4) is 17.2 Å². The highest BCUT2D eigenvalue weighted by Gasteiger charge is 2.46. The van der Waals surface area contributed by atoms with Gasteiger partial charge in [-0.1, -0.05) is 30.3 Å². The molecule has 37 heavy (non-hydrogen) atoms. The Balaban J connectivity index is 1.58. The molecule has 1 saturated heterocycles. The first kappa shape index (κ1) is 24.6. The first-order valence-corrected chi connectivity index (χ1v) is 12.4. The average molecular weight is 499 g/mol. The van der Waals surface area contributed by atoms with Gasteiger partial charge in [-0.2, -0.15) is 0 Å². The summed E-state index contributed by atoms with van der Waals surface area (Å²) in [7, 11) is 3.82. The number of carbonyl (C=O) groups excluding carboxylic acids is 2. The van der Waals surface area contributed by atoms with Gasteiger partial charge in [-0.05, 0) is 74.6 Å². The lowest BCUT2D eigenvalue weighted by Gasteiger charge is -2.27. The number of benzene rings is 3. The number of fused-ring (bicyclic) bond motifs is 1. The van der Waals surface area contributed by atoms with Crippen LogP contribution < -0.4 is 9.47 Å². The maximum Gasteiger partial charge on any atom is 0.295 e. The first-order valence-electron chi connectivity index (χ1n) is 12.4. The summed E-state index contributed by atoms with van der Waals surface area (Å²) in [5.41, 5.74) is 2.22. The molecule has 190 valence electrons. The van der Waals surface area contributed by atoms with Crippen LogP contribution in [0.5, 0.6) is 17.2 Å². The molecule has 3 aromatic rings. The van der Waals surface area contributed by atoms with Gasteiger partial charge in [-0.3, -0.25) is 9.59 Å². The molecule has 2 heterocycles. The summed E-state index contributed by atoms with van der Waals surface area (Å²) in [4.78, 5) is 30.0. The highest BCUT2D eigenvalue weighted by Crippen LogP contribution is 2.41. The van der Waals surface area contributed by atoms with Gasteiger partial charge in [0.25, 0.3) is 11.7 Å². The molecule has 0 unspecified atom stereocenters. The van der Waals surface area contributed by atoms with Crippen LogP contribution in [0.15, 0.2) is 78.4 Å². The number of aliphatic hydroxyl groups is 1. The molecule has 1 N–H and O–H groups in total. The van der Waals surface area contributed by atoms with E-state index in [1.807, 2.05) is 86.6 Å². The number of likely N-dealkylation sites (N-methyl/N-ethyl adjacent to an activating group) is 1. The number of ketones is 1. The van der Waals surface area contributed by atoms with Crippen molar-refractivity contribution in [2.75, 3.05) is 27.2 Å². The van der Waals surface area contributed by atoms with Gasteiger partial charge in [0, 0.05) is 25.1 Å². The van der Waals surface area contributed by atoms with E-state index >= 15 is 0 Å². The van der Waals surface area contributed by atoms with E-state index in [9.17, 15) is 14.7 Å². The van der Waals surface area contributed by atoms with E-state index in [4.69, 9.17) is 9.47 Å². The minimum absolute atomic E-state index is 0.0522. The number of hydrogen-bond acceptors (Lipinski definition) is 6. The second kappa shape index (κ2) is 10.1. The molecule has 3 aromatic carbocycles. The van der Waals surface area contributed by atoms with E-state index in [2.05, 4.69) is 0 Å². The van der Waals surface area contributed by atoms with E-state index in [0.717, 1.165) is 17.7 Å². The molecule has 0 aliphatic carbocycles. The van der Waals surface area contributed by atoms with Gasteiger partial charge in [0.1, 0.15) is 29.1 Å². The third-order valence-corrected chi connectivity index (χ3v) is 6.65. The van der Waals surface area contributed by atoms with Crippen LogP contribution in [-0.2, 0) is 16.0 Å². The monoisotopic (exact) mass is 498 g/mol. The summed E-state index contributed by atoms with van der Waals surface area (Å²) in [6.45, 7) is 2.89. The standard InChI is InChI=1S/C30H30N2O5/c1-19-16-22-17-21(12-13-25(22)36-19)28(33)26-27(32(15-14-31(2)3)30(35)29(26)34)20-8-7-11-24(18-20)37-23-9-5-4-6-10-23/h4-13,17-19,27,33H,14-16H2,1-3H3/t19-,27+/m0/s1. The minimum atomic E-state index is -0.747. The first-order chi connectivity index (χ1) is 17.8. The Hall–Kier alpha value is -4.10. The molecule has 7 heteroatoms. The van der Waals surface area contributed by atoms with Crippen molar-refractivity contribution in [2.45, 2.75) is 25.5 Å². The van der Waals surface area contributed by atoms with Crippen molar-refractivity contribution in [1.29, 1.82) is 0 Å². The summed E-state index contributed by atoms with van der Waals surface area (Å²) in [5, 5.41) is 11.4. The molecular weight excluding hydrogens is 468 g/mol. The molecule has 2 aliphatic heterocycles. The van der Waals surface area contributed by atoms with Crippen LogP contribution >= 0.6 is 0 Å². The summed E-state index contributed by atoms with van der Waals surface area (Å²) in [6, 6.07) is 21.3. The fourth-order valence-corrected chi connectivity index (χ4v) is 4.86. The van der Waals surface area contributed by atoms with Crippen molar-refractivity contribution in [2.24, 2.45) is 0 Å². The summed E-state index contributed by atoms with van der Waals surface area (Å²) in [6.07, 6.45) is 0.770. The third kappa shape index (κ3) is 4.95. The lowest BCUT2D eigenvalue weighted by atomic mass is 9.94. The van der Waals surface area contributed by atoms with Crippen LogP contribution in [0.4, 0.5) is 0 Å². The van der Waals surface area contributed by atoms with E-state index in [-0.39, 0.29) is 17.4 Å². The van der Waals surface area contributed by atoms with Gasteiger partial charge in [0.05, 0.1) is 11.6 Å². The number of nitrogens with zero attached hydrogens (tertiary/aromatic N) is 2. The fourth-order valence-electron chi connectivity index (χ4n) is 4.86. The number of amides is 1. The number of para-hydroxylation sites is 1. The van der Waals surface area contributed by atoms with Gasteiger partial charge in [0.15, 0.2) is 0 Å². The van der Waals surface area contributed by atoms with Crippen LogP contribution in [0.2, 0.25) is 0 Å².